The van der Waals surface area contributed by atoms with Crippen LogP contribution in [0.2, 0.25) is 0 Å². The molecule has 29 heavy (non-hydrogen) atoms. The van der Waals surface area contributed by atoms with Crippen LogP contribution < -0.4 is 10.6 Å². The van der Waals surface area contributed by atoms with E-state index in [1.807, 2.05) is 0 Å². The van der Waals surface area contributed by atoms with Crippen molar-refractivity contribution in [2.24, 2.45) is 0 Å². The maximum Gasteiger partial charge on any atom is 0.0203 e. The van der Waals surface area contributed by atoms with Crippen molar-refractivity contribution in [2.75, 3.05) is 0 Å². The molecule has 0 heterocycles. The molecule has 2 heteroatoms. The molecule has 2 aromatic carbocycles. The Bertz CT molecular complexity index is 809. The lowest BCUT2D eigenvalue weighted by Gasteiger charge is -2.47. The second-order valence-corrected chi connectivity index (χ2v) is 16.6. The fourth-order valence-electron chi connectivity index (χ4n) is 5.15. The van der Waals surface area contributed by atoms with E-state index < -0.39 is 7.92 Å². The molecule has 0 amide bonds. The van der Waals surface area contributed by atoms with Crippen molar-refractivity contribution < 1.29 is 0 Å². The summed E-state index contributed by atoms with van der Waals surface area (Å²) in [6.07, 6.45) is 3.43. The van der Waals surface area contributed by atoms with Crippen LogP contribution in [-0.2, 0) is 0 Å². The van der Waals surface area contributed by atoms with Gasteiger partial charge in [0, 0.05) is 11.3 Å². The smallest absolute Gasteiger partial charge is 0.0203 e. The third kappa shape index (κ3) is 5.12. The first-order valence-electron chi connectivity index (χ1n) is 10.7. The van der Waals surface area contributed by atoms with Crippen molar-refractivity contribution >= 4 is 26.5 Å². The molecule has 0 spiro atoms. The van der Waals surface area contributed by atoms with E-state index in [2.05, 4.69) is 121 Å². The molecule has 0 bridgehead atoms. The number of benzene rings is 2. The minimum atomic E-state index is -0.441. The third-order valence-electron chi connectivity index (χ3n) is 5.63. The van der Waals surface area contributed by atoms with Crippen LogP contribution in [0.25, 0.3) is 0 Å². The number of rotatable bonds is 5. The Labute approximate surface area is 181 Å². The molecule has 2 atom stereocenters. The maximum atomic E-state index is 3.78. The highest BCUT2D eigenvalue weighted by Gasteiger charge is 2.42. The van der Waals surface area contributed by atoms with E-state index in [1.54, 1.807) is 5.57 Å². The summed E-state index contributed by atoms with van der Waals surface area (Å²) in [7, 11) is -0.654. The van der Waals surface area contributed by atoms with Gasteiger partial charge in [-0.25, -0.2) is 0 Å². The van der Waals surface area contributed by atoms with Gasteiger partial charge in [0.2, 0.25) is 0 Å². The summed E-state index contributed by atoms with van der Waals surface area (Å²) >= 11 is 0. The average molecular weight is 423 g/mol. The summed E-state index contributed by atoms with van der Waals surface area (Å²) in [5, 5.41) is 3.60. The quantitative estimate of drug-likeness (QED) is 0.347. The Balaban J connectivity index is 2.04. The maximum absolute atomic E-state index is 3.78. The van der Waals surface area contributed by atoms with Gasteiger partial charge in [0.1, 0.15) is 0 Å². The van der Waals surface area contributed by atoms with Crippen molar-refractivity contribution in [1.29, 1.82) is 0 Å². The number of hydrogen-bond donors (Lipinski definition) is 0. The summed E-state index contributed by atoms with van der Waals surface area (Å²) in [6.45, 7) is 17.1. The Hall–Kier alpha value is -1.18. The predicted molar refractivity (Wildman–Crippen MR) is 135 cm³/mol. The van der Waals surface area contributed by atoms with Gasteiger partial charge < -0.3 is 0 Å². The Morgan fingerprint density at radius 2 is 1.24 bits per heavy atom. The highest BCUT2D eigenvalue weighted by molar-refractivity contribution is 7.74. The molecule has 0 aliphatic heterocycles. The van der Waals surface area contributed by atoms with Crippen LogP contribution in [0.3, 0.4) is 0 Å². The fourth-order valence-corrected chi connectivity index (χ4v) is 13.0. The predicted octanol–water partition coefficient (Wildman–Crippen LogP) is 7.44. The Morgan fingerprint density at radius 3 is 1.66 bits per heavy atom. The molecule has 1 aliphatic carbocycles. The van der Waals surface area contributed by atoms with E-state index in [0.29, 0.717) is 21.6 Å². The van der Waals surface area contributed by atoms with E-state index in [-0.39, 0.29) is 7.92 Å². The molecule has 0 saturated carbocycles. The van der Waals surface area contributed by atoms with Crippen molar-refractivity contribution in [2.45, 2.75) is 76.5 Å². The Kier molecular flexibility index (Phi) is 6.91. The SMILES string of the molecule is C[C@H](C1=C=CCC1P(c1ccccc1)c1ccccc1)P(C(C)(C)C)C(C)(C)C. The first-order chi connectivity index (χ1) is 13.6. The second-order valence-electron chi connectivity index (χ2n) is 9.98. The summed E-state index contributed by atoms with van der Waals surface area (Å²) in [5.41, 5.74) is 6.47. The normalized spacial score (nSPS) is 18.4. The van der Waals surface area contributed by atoms with Gasteiger partial charge in [0.05, 0.1) is 0 Å². The van der Waals surface area contributed by atoms with E-state index >= 15 is 0 Å². The lowest BCUT2D eigenvalue weighted by molar-refractivity contribution is 0.692. The van der Waals surface area contributed by atoms with Crippen LogP contribution in [0.5, 0.6) is 0 Å². The largest absolute Gasteiger partial charge is 0.125 e. The molecular weight excluding hydrogens is 386 g/mol. The highest BCUT2D eigenvalue weighted by atomic mass is 31.1. The van der Waals surface area contributed by atoms with E-state index in [9.17, 15) is 0 Å². The van der Waals surface area contributed by atoms with Crippen molar-refractivity contribution in [3.05, 3.63) is 78.0 Å². The highest BCUT2D eigenvalue weighted by Crippen LogP contribution is 2.65. The van der Waals surface area contributed by atoms with Gasteiger partial charge in [-0.05, 0) is 46.9 Å². The molecule has 0 fully saturated rings. The molecule has 0 nitrogen and oxygen atoms in total. The molecule has 0 aromatic heterocycles. The summed E-state index contributed by atoms with van der Waals surface area (Å²) in [5.74, 6) is 0. The lowest BCUT2D eigenvalue weighted by atomic mass is 10.1. The zero-order chi connectivity index (χ0) is 21.2. The van der Waals surface area contributed by atoms with Crippen molar-refractivity contribution in [3.8, 4) is 0 Å². The van der Waals surface area contributed by atoms with Gasteiger partial charge >= 0.3 is 0 Å². The molecule has 1 unspecified atom stereocenters. The van der Waals surface area contributed by atoms with Crippen LogP contribution in [-0.4, -0.2) is 21.6 Å². The van der Waals surface area contributed by atoms with Crippen LogP contribution in [0.15, 0.2) is 78.0 Å². The van der Waals surface area contributed by atoms with Gasteiger partial charge in [-0.2, -0.15) is 0 Å². The fraction of sp³-hybridized carbons (Fsp3) is 0.444. The van der Waals surface area contributed by atoms with E-state index in [4.69, 9.17) is 0 Å². The van der Waals surface area contributed by atoms with Gasteiger partial charge in [-0.15, -0.1) is 5.73 Å². The van der Waals surface area contributed by atoms with Crippen LogP contribution in [0, 0.1) is 0 Å². The van der Waals surface area contributed by atoms with Gasteiger partial charge in [0.25, 0.3) is 0 Å². The minimum absolute atomic E-state index is 0.213. The number of allylic oxidation sites excluding steroid dienone is 1. The number of hydrogen-bond acceptors (Lipinski definition) is 0. The summed E-state index contributed by atoms with van der Waals surface area (Å²) in [4.78, 5) is 0. The molecule has 3 rings (SSSR count). The minimum Gasteiger partial charge on any atom is -0.125 e. The topological polar surface area (TPSA) is 0 Å². The van der Waals surface area contributed by atoms with Crippen LogP contribution in [0.1, 0.15) is 54.9 Å². The van der Waals surface area contributed by atoms with Gasteiger partial charge in [0.15, 0.2) is 0 Å². The summed E-state index contributed by atoms with van der Waals surface area (Å²) < 4.78 is 0. The average Bonchev–Trinajstić information content (AvgIpc) is 3.11. The third-order valence-corrected chi connectivity index (χ3v) is 12.4. The molecular formula is C27H36P2. The molecule has 0 radical (unpaired) electrons. The molecule has 2 aromatic rings. The van der Waals surface area contributed by atoms with E-state index in [0.717, 1.165) is 6.42 Å². The lowest BCUT2D eigenvalue weighted by Crippen LogP contribution is -2.33. The molecule has 1 aliphatic rings. The second kappa shape index (κ2) is 8.90. The molecule has 154 valence electrons. The monoisotopic (exact) mass is 422 g/mol. The zero-order valence-electron chi connectivity index (χ0n) is 19.1. The van der Waals surface area contributed by atoms with Crippen LogP contribution in [0.4, 0.5) is 0 Å². The first-order valence-corrected chi connectivity index (χ1v) is 13.6. The summed E-state index contributed by atoms with van der Waals surface area (Å²) in [6, 6.07) is 22.4. The van der Waals surface area contributed by atoms with Crippen LogP contribution >= 0.6 is 15.8 Å². The Morgan fingerprint density at radius 1 is 0.793 bits per heavy atom. The standard InChI is InChI=1S/C27H36P2/c1-21(29(26(2,3)4)27(5,6)7)24-19-14-20-25(24)28(22-15-10-8-11-16-22)23-17-12-9-13-18-23/h8-18,21,25H,20H2,1-7H3/t21-,25?/m1/s1. The van der Waals surface area contributed by atoms with Gasteiger partial charge in [-0.3, -0.25) is 0 Å². The zero-order valence-corrected chi connectivity index (χ0v) is 20.9. The van der Waals surface area contributed by atoms with Crippen molar-refractivity contribution in [3.63, 3.8) is 0 Å². The van der Waals surface area contributed by atoms with Crippen molar-refractivity contribution in [1.82, 2.24) is 0 Å². The van der Waals surface area contributed by atoms with Gasteiger partial charge in [-0.1, -0.05) is 117 Å². The van der Waals surface area contributed by atoms with E-state index in [1.165, 1.54) is 10.6 Å². The molecule has 0 saturated heterocycles. The molecule has 0 N–H and O–H groups in total. The first kappa shape index (κ1) is 22.5.